The molecule has 0 fully saturated rings. The van der Waals surface area contributed by atoms with Gasteiger partial charge in [0.05, 0.1) is 12.9 Å². The van der Waals surface area contributed by atoms with Crippen LogP contribution in [0.2, 0.25) is 0 Å². The molecule has 0 rings (SSSR count). The standard InChI is InChI=1S/C28H56O/c1-4-7-9-11-13-15-16-18-20-22-24-26-28(27-29-6-3)25-23-21-19-17-14-12-10-8-5-2/h6,28H,3-5,7-27H2,1-2H3. The molecule has 1 unspecified atom stereocenters. The summed E-state index contributed by atoms with van der Waals surface area (Å²) in [6.07, 6.45) is 32.8. The van der Waals surface area contributed by atoms with E-state index in [1.54, 1.807) is 6.26 Å². The zero-order valence-corrected chi connectivity index (χ0v) is 20.5. The third-order valence-corrected chi connectivity index (χ3v) is 6.38. The highest BCUT2D eigenvalue weighted by molar-refractivity contribution is 4.62. The van der Waals surface area contributed by atoms with Crippen LogP contribution < -0.4 is 0 Å². The molecule has 0 N–H and O–H groups in total. The molecule has 0 amide bonds. The molecule has 0 aromatic heterocycles. The van der Waals surface area contributed by atoms with E-state index < -0.39 is 0 Å². The summed E-state index contributed by atoms with van der Waals surface area (Å²) >= 11 is 0. The van der Waals surface area contributed by atoms with E-state index in [-0.39, 0.29) is 0 Å². The van der Waals surface area contributed by atoms with Crippen molar-refractivity contribution in [1.29, 1.82) is 0 Å². The minimum Gasteiger partial charge on any atom is -0.502 e. The fourth-order valence-corrected chi connectivity index (χ4v) is 4.36. The van der Waals surface area contributed by atoms with Crippen LogP contribution in [-0.4, -0.2) is 6.61 Å². The van der Waals surface area contributed by atoms with Gasteiger partial charge in [-0.05, 0) is 18.8 Å². The van der Waals surface area contributed by atoms with E-state index >= 15 is 0 Å². The molecule has 0 saturated heterocycles. The lowest BCUT2D eigenvalue weighted by Gasteiger charge is -2.16. The van der Waals surface area contributed by atoms with Crippen LogP contribution in [0.5, 0.6) is 0 Å². The predicted molar refractivity (Wildman–Crippen MR) is 133 cm³/mol. The van der Waals surface area contributed by atoms with Crippen LogP contribution >= 0.6 is 0 Å². The molecule has 1 nitrogen and oxygen atoms in total. The summed E-state index contributed by atoms with van der Waals surface area (Å²) in [6, 6.07) is 0. The quantitative estimate of drug-likeness (QED) is 0.108. The highest BCUT2D eigenvalue weighted by Gasteiger charge is 2.09. The van der Waals surface area contributed by atoms with Gasteiger partial charge in [0, 0.05) is 0 Å². The van der Waals surface area contributed by atoms with Crippen molar-refractivity contribution < 1.29 is 4.74 Å². The van der Waals surface area contributed by atoms with Crippen molar-refractivity contribution in [3.05, 3.63) is 12.8 Å². The zero-order valence-electron chi connectivity index (χ0n) is 20.5. The highest BCUT2D eigenvalue weighted by atomic mass is 16.5. The first-order valence-electron chi connectivity index (χ1n) is 13.6. The number of hydrogen-bond donors (Lipinski definition) is 0. The second-order valence-corrected chi connectivity index (χ2v) is 9.31. The van der Waals surface area contributed by atoms with Crippen LogP contribution in [0, 0.1) is 5.92 Å². The van der Waals surface area contributed by atoms with Crippen LogP contribution in [-0.2, 0) is 4.74 Å². The molecule has 1 heteroatoms. The maximum absolute atomic E-state index is 5.54. The van der Waals surface area contributed by atoms with Crippen molar-refractivity contribution in [2.24, 2.45) is 5.92 Å². The van der Waals surface area contributed by atoms with Crippen molar-refractivity contribution in [2.75, 3.05) is 6.61 Å². The van der Waals surface area contributed by atoms with Gasteiger partial charge in [0.15, 0.2) is 0 Å². The zero-order chi connectivity index (χ0) is 21.3. The van der Waals surface area contributed by atoms with Crippen LogP contribution in [0.4, 0.5) is 0 Å². The summed E-state index contributed by atoms with van der Waals surface area (Å²) in [4.78, 5) is 0. The van der Waals surface area contributed by atoms with Gasteiger partial charge in [0.1, 0.15) is 0 Å². The molecule has 0 bridgehead atoms. The monoisotopic (exact) mass is 408 g/mol. The van der Waals surface area contributed by atoms with E-state index in [0.717, 1.165) is 12.5 Å². The molecule has 0 aliphatic heterocycles. The Morgan fingerprint density at radius 3 is 1.14 bits per heavy atom. The first-order valence-corrected chi connectivity index (χ1v) is 13.6. The minimum atomic E-state index is 0.746. The Morgan fingerprint density at radius 1 is 0.517 bits per heavy atom. The first-order chi connectivity index (χ1) is 14.3. The Morgan fingerprint density at radius 2 is 0.828 bits per heavy atom. The van der Waals surface area contributed by atoms with Gasteiger partial charge >= 0.3 is 0 Å². The number of ether oxygens (including phenoxy) is 1. The Balaban J connectivity index is 3.52. The van der Waals surface area contributed by atoms with Gasteiger partial charge in [-0.25, -0.2) is 0 Å². The van der Waals surface area contributed by atoms with Gasteiger partial charge < -0.3 is 4.74 Å². The fourth-order valence-electron chi connectivity index (χ4n) is 4.36. The van der Waals surface area contributed by atoms with Crippen molar-refractivity contribution in [3.63, 3.8) is 0 Å². The summed E-state index contributed by atoms with van der Waals surface area (Å²) in [7, 11) is 0. The maximum atomic E-state index is 5.54. The smallest absolute Gasteiger partial charge is 0.0901 e. The molecule has 0 aromatic rings. The summed E-state index contributed by atoms with van der Waals surface area (Å²) in [5.74, 6) is 0.746. The summed E-state index contributed by atoms with van der Waals surface area (Å²) < 4.78 is 5.54. The molecular formula is C28H56O. The summed E-state index contributed by atoms with van der Waals surface area (Å²) in [5, 5.41) is 0. The predicted octanol–water partition coefficient (Wildman–Crippen LogP) is 10.4. The molecule has 0 radical (unpaired) electrons. The Hall–Kier alpha value is -0.460. The highest BCUT2D eigenvalue weighted by Crippen LogP contribution is 2.20. The van der Waals surface area contributed by atoms with Gasteiger partial charge in [-0.15, -0.1) is 0 Å². The van der Waals surface area contributed by atoms with E-state index in [1.165, 1.54) is 141 Å². The second-order valence-electron chi connectivity index (χ2n) is 9.31. The molecule has 29 heavy (non-hydrogen) atoms. The fraction of sp³-hybridized carbons (Fsp3) is 0.929. The average molecular weight is 409 g/mol. The molecule has 1 atom stereocenters. The first kappa shape index (κ1) is 28.5. The van der Waals surface area contributed by atoms with Gasteiger partial charge in [0.2, 0.25) is 0 Å². The third kappa shape index (κ3) is 23.7. The number of rotatable bonds is 25. The summed E-state index contributed by atoms with van der Waals surface area (Å²) in [5.41, 5.74) is 0. The Bertz CT molecular complexity index is 299. The lowest BCUT2D eigenvalue weighted by molar-refractivity contribution is 0.177. The lowest BCUT2D eigenvalue weighted by Crippen LogP contribution is -2.08. The second kappa shape index (κ2) is 25.6. The van der Waals surface area contributed by atoms with E-state index in [9.17, 15) is 0 Å². The van der Waals surface area contributed by atoms with Crippen molar-refractivity contribution in [3.8, 4) is 0 Å². The molecular weight excluding hydrogens is 352 g/mol. The van der Waals surface area contributed by atoms with E-state index in [0.29, 0.717) is 0 Å². The molecule has 0 saturated carbocycles. The van der Waals surface area contributed by atoms with Gasteiger partial charge in [-0.1, -0.05) is 149 Å². The third-order valence-electron chi connectivity index (χ3n) is 6.38. The van der Waals surface area contributed by atoms with Crippen LogP contribution in [0.1, 0.15) is 155 Å². The lowest BCUT2D eigenvalue weighted by atomic mass is 9.94. The Labute approximate surface area is 185 Å². The largest absolute Gasteiger partial charge is 0.502 e. The number of unbranched alkanes of at least 4 members (excludes halogenated alkanes) is 18. The molecule has 0 heterocycles. The molecule has 0 aliphatic carbocycles. The summed E-state index contributed by atoms with van der Waals surface area (Å²) in [6.45, 7) is 9.20. The molecule has 0 spiro atoms. The Kier molecular flexibility index (Phi) is 25.2. The van der Waals surface area contributed by atoms with Crippen LogP contribution in [0.3, 0.4) is 0 Å². The van der Waals surface area contributed by atoms with Gasteiger partial charge in [0.25, 0.3) is 0 Å². The van der Waals surface area contributed by atoms with E-state index in [4.69, 9.17) is 4.74 Å². The average Bonchev–Trinajstić information content (AvgIpc) is 2.74. The van der Waals surface area contributed by atoms with Crippen LogP contribution in [0.15, 0.2) is 12.8 Å². The van der Waals surface area contributed by atoms with E-state index in [1.807, 2.05) is 0 Å². The molecule has 0 aliphatic rings. The minimum absolute atomic E-state index is 0.746. The maximum Gasteiger partial charge on any atom is 0.0901 e. The van der Waals surface area contributed by atoms with Gasteiger partial charge in [-0.3, -0.25) is 0 Å². The topological polar surface area (TPSA) is 9.23 Å². The van der Waals surface area contributed by atoms with Crippen molar-refractivity contribution in [1.82, 2.24) is 0 Å². The van der Waals surface area contributed by atoms with E-state index in [2.05, 4.69) is 20.4 Å². The number of hydrogen-bond acceptors (Lipinski definition) is 1. The molecule has 174 valence electrons. The van der Waals surface area contributed by atoms with Gasteiger partial charge in [-0.2, -0.15) is 0 Å². The van der Waals surface area contributed by atoms with Crippen molar-refractivity contribution >= 4 is 0 Å². The van der Waals surface area contributed by atoms with Crippen molar-refractivity contribution in [2.45, 2.75) is 155 Å². The van der Waals surface area contributed by atoms with Crippen LogP contribution in [0.25, 0.3) is 0 Å². The normalized spacial score (nSPS) is 12.2. The SMILES string of the molecule is C=COCC(CCCCCCCCCCC)CCCCCCCCCCCCC. The molecule has 0 aromatic carbocycles.